The molecule has 4 aromatic rings. The summed E-state index contributed by atoms with van der Waals surface area (Å²) in [6, 6.07) is 22.1. The van der Waals surface area contributed by atoms with Gasteiger partial charge in [-0.05, 0) is 83.1 Å². The van der Waals surface area contributed by atoms with Crippen LogP contribution in [0.5, 0.6) is 23.0 Å². The van der Waals surface area contributed by atoms with E-state index in [0.29, 0.717) is 29.9 Å². The van der Waals surface area contributed by atoms with E-state index in [2.05, 4.69) is 53.6 Å². The lowest BCUT2D eigenvalue weighted by atomic mass is 9.92. The number of halogens is 1. The third kappa shape index (κ3) is 6.58. The number of methoxy groups -OCH3 is 2. The Labute approximate surface area is 240 Å². The van der Waals surface area contributed by atoms with E-state index in [4.69, 9.17) is 30.5 Å². The topological polar surface area (TPSA) is 61.8 Å². The van der Waals surface area contributed by atoms with Gasteiger partial charge in [0.1, 0.15) is 18.4 Å². The molecule has 1 aromatic heterocycles. The van der Waals surface area contributed by atoms with Gasteiger partial charge >= 0.3 is 0 Å². The molecule has 206 valence electrons. The monoisotopic (exact) mass is 556 g/mol. The lowest BCUT2D eigenvalue weighted by Gasteiger charge is -2.26. The van der Waals surface area contributed by atoms with E-state index in [-0.39, 0.29) is 6.04 Å². The fourth-order valence-corrected chi connectivity index (χ4v) is 4.99. The summed E-state index contributed by atoms with van der Waals surface area (Å²) in [5.74, 6) is 2.84. The van der Waals surface area contributed by atoms with Gasteiger partial charge in [0.25, 0.3) is 0 Å². The maximum atomic E-state index is 6.16. The zero-order valence-electron chi connectivity index (χ0n) is 22.9. The minimum atomic E-state index is 0.0330. The Morgan fingerprint density at radius 2 is 1.60 bits per heavy atom. The number of aryl methyl sites for hydroxylation is 1. The predicted octanol–water partition coefficient (Wildman–Crippen LogP) is 7.12. The number of rotatable bonds is 10. The first-order chi connectivity index (χ1) is 19.5. The van der Waals surface area contributed by atoms with Gasteiger partial charge in [0.15, 0.2) is 23.0 Å². The number of nitrogens with zero attached hydrogens (tertiary/aromatic N) is 1. The molecule has 0 saturated carbocycles. The molecule has 0 radical (unpaired) electrons. The summed E-state index contributed by atoms with van der Waals surface area (Å²) in [5.41, 5.74) is 6.63. The molecule has 1 aliphatic heterocycles. The number of ether oxygens (including phenoxy) is 4. The van der Waals surface area contributed by atoms with Crippen LogP contribution in [0.25, 0.3) is 6.08 Å². The molecule has 6 nitrogen and oxygen atoms in total. The third-order valence-corrected chi connectivity index (χ3v) is 7.17. The maximum absolute atomic E-state index is 6.16. The van der Waals surface area contributed by atoms with E-state index in [0.717, 1.165) is 46.7 Å². The molecular weight excluding hydrogens is 524 g/mol. The SMILES string of the molecule is COc1cc(C)c(/C=C/C2NCCc3cc(OCc4ccccc4)c(OC)cc32)cc1OCc1ccnc(Cl)c1. The van der Waals surface area contributed by atoms with Crippen molar-refractivity contribution in [2.45, 2.75) is 32.6 Å². The van der Waals surface area contributed by atoms with Gasteiger partial charge in [-0.1, -0.05) is 54.1 Å². The van der Waals surface area contributed by atoms with Gasteiger partial charge in [-0.15, -0.1) is 0 Å². The van der Waals surface area contributed by atoms with Gasteiger partial charge in [-0.2, -0.15) is 0 Å². The van der Waals surface area contributed by atoms with Crippen LogP contribution in [0.15, 0.2) is 79.0 Å². The van der Waals surface area contributed by atoms with Gasteiger partial charge in [0.2, 0.25) is 0 Å². The second-order valence-electron chi connectivity index (χ2n) is 9.65. The van der Waals surface area contributed by atoms with Crippen LogP contribution >= 0.6 is 11.6 Å². The zero-order chi connectivity index (χ0) is 27.9. The molecule has 0 amide bonds. The van der Waals surface area contributed by atoms with Gasteiger partial charge in [-0.25, -0.2) is 4.98 Å². The van der Waals surface area contributed by atoms with Crippen molar-refractivity contribution in [1.82, 2.24) is 10.3 Å². The van der Waals surface area contributed by atoms with Crippen molar-refractivity contribution < 1.29 is 18.9 Å². The van der Waals surface area contributed by atoms with Gasteiger partial charge in [0.05, 0.1) is 20.3 Å². The van der Waals surface area contributed by atoms with Gasteiger partial charge in [0, 0.05) is 12.7 Å². The number of fused-ring (bicyclic) bond motifs is 1. The lowest BCUT2D eigenvalue weighted by Crippen LogP contribution is -2.28. The fraction of sp³-hybridized carbons (Fsp3) is 0.242. The highest BCUT2D eigenvalue weighted by Gasteiger charge is 2.21. The molecule has 1 N–H and O–H groups in total. The van der Waals surface area contributed by atoms with Crippen molar-refractivity contribution in [3.63, 3.8) is 0 Å². The minimum absolute atomic E-state index is 0.0330. The molecule has 0 bridgehead atoms. The molecule has 0 spiro atoms. The van der Waals surface area contributed by atoms with Crippen LogP contribution in [0.3, 0.4) is 0 Å². The van der Waals surface area contributed by atoms with Crippen LogP contribution in [0.4, 0.5) is 0 Å². The quantitative estimate of drug-likeness (QED) is 0.210. The zero-order valence-corrected chi connectivity index (χ0v) is 23.7. The summed E-state index contributed by atoms with van der Waals surface area (Å²) in [7, 11) is 3.33. The maximum Gasteiger partial charge on any atom is 0.162 e. The molecule has 7 heteroatoms. The summed E-state index contributed by atoms with van der Waals surface area (Å²) in [5, 5.41) is 4.06. The average Bonchev–Trinajstić information content (AvgIpc) is 2.98. The van der Waals surface area contributed by atoms with Crippen molar-refractivity contribution in [3.05, 3.63) is 118 Å². The van der Waals surface area contributed by atoms with Crippen LogP contribution in [0.2, 0.25) is 5.15 Å². The Hall–Kier alpha value is -4.00. The molecule has 0 aliphatic carbocycles. The van der Waals surface area contributed by atoms with E-state index < -0.39 is 0 Å². The van der Waals surface area contributed by atoms with Crippen LogP contribution in [-0.4, -0.2) is 25.7 Å². The summed E-state index contributed by atoms with van der Waals surface area (Å²) >= 11 is 6.03. The first-order valence-electron chi connectivity index (χ1n) is 13.2. The molecule has 0 fully saturated rings. The van der Waals surface area contributed by atoms with Crippen LogP contribution in [-0.2, 0) is 19.6 Å². The lowest BCUT2D eigenvalue weighted by molar-refractivity contribution is 0.283. The summed E-state index contributed by atoms with van der Waals surface area (Å²) in [6.07, 6.45) is 6.90. The van der Waals surface area contributed by atoms with Crippen LogP contribution in [0.1, 0.15) is 39.4 Å². The van der Waals surface area contributed by atoms with E-state index in [1.807, 2.05) is 36.4 Å². The Balaban J connectivity index is 1.36. The van der Waals surface area contributed by atoms with E-state index in [9.17, 15) is 0 Å². The molecule has 5 rings (SSSR count). The highest BCUT2D eigenvalue weighted by atomic mass is 35.5. The number of hydrogen-bond acceptors (Lipinski definition) is 6. The molecule has 1 atom stereocenters. The molecule has 1 unspecified atom stereocenters. The molecule has 40 heavy (non-hydrogen) atoms. The standard InChI is InChI=1S/C33H33ClN2O4/c1-22-15-29(37-2)31(40-21-24-11-13-36-33(34)16-24)17-25(22)9-10-28-27-19-30(38-3)32(18-26(27)12-14-35-28)39-20-23-7-5-4-6-8-23/h4-11,13,15-19,28,35H,12,14,20-21H2,1-3H3/b10-9+. The largest absolute Gasteiger partial charge is 0.493 e. The van der Waals surface area contributed by atoms with E-state index >= 15 is 0 Å². The molecular formula is C33H33ClN2O4. The highest BCUT2D eigenvalue weighted by Crippen LogP contribution is 2.37. The van der Waals surface area contributed by atoms with Crippen molar-refractivity contribution in [3.8, 4) is 23.0 Å². The summed E-state index contributed by atoms with van der Waals surface area (Å²) in [4.78, 5) is 4.03. The molecule has 3 aromatic carbocycles. The van der Waals surface area contributed by atoms with E-state index in [1.54, 1.807) is 26.5 Å². The molecule has 0 saturated heterocycles. The first-order valence-corrected chi connectivity index (χ1v) is 13.6. The van der Waals surface area contributed by atoms with Crippen molar-refractivity contribution in [1.29, 1.82) is 0 Å². The predicted molar refractivity (Wildman–Crippen MR) is 159 cm³/mol. The second kappa shape index (κ2) is 12.9. The number of aromatic nitrogens is 1. The molecule has 1 aliphatic rings. The average molecular weight is 557 g/mol. The smallest absolute Gasteiger partial charge is 0.162 e. The number of pyridine rings is 1. The second-order valence-corrected chi connectivity index (χ2v) is 10.0. The Morgan fingerprint density at radius 3 is 2.35 bits per heavy atom. The third-order valence-electron chi connectivity index (χ3n) is 6.96. The van der Waals surface area contributed by atoms with Crippen molar-refractivity contribution in [2.75, 3.05) is 20.8 Å². The number of nitrogens with one attached hydrogen (secondary N) is 1. The highest BCUT2D eigenvalue weighted by molar-refractivity contribution is 6.29. The van der Waals surface area contributed by atoms with Crippen LogP contribution in [0, 0.1) is 6.92 Å². The first kappa shape index (κ1) is 27.6. The van der Waals surface area contributed by atoms with Gasteiger partial charge < -0.3 is 24.3 Å². The van der Waals surface area contributed by atoms with Gasteiger partial charge in [-0.3, -0.25) is 0 Å². The summed E-state index contributed by atoms with van der Waals surface area (Å²) < 4.78 is 23.6. The van der Waals surface area contributed by atoms with Crippen molar-refractivity contribution >= 4 is 17.7 Å². The Morgan fingerprint density at radius 1 is 0.875 bits per heavy atom. The number of hydrogen-bond donors (Lipinski definition) is 1. The fourth-order valence-electron chi connectivity index (χ4n) is 4.80. The minimum Gasteiger partial charge on any atom is -0.493 e. The Kier molecular flexibility index (Phi) is 8.89. The van der Waals surface area contributed by atoms with Crippen LogP contribution < -0.4 is 24.3 Å². The van der Waals surface area contributed by atoms with Crippen molar-refractivity contribution in [2.24, 2.45) is 0 Å². The summed E-state index contributed by atoms with van der Waals surface area (Å²) in [6.45, 7) is 3.79. The number of benzene rings is 3. The normalized spacial score (nSPS) is 14.6. The Bertz CT molecular complexity index is 1490. The molecule has 2 heterocycles. The van der Waals surface area contributed by atoms with E-state index in [1.165, 1.54) is 11.1 Å².